The molecule has 0 aliphatic heterocycles. The number of halogens is 1. The van der Waals surface area contributed by atoms with Gasteiger partial charge in [-0.15, -0.1) is 0 Å². The molecule has 0 aromatic carbocycles. The van der Waals surface area contributed by atoms with Gasteiger partial charge in [-0.3, -0.25) is 4.79 Å². The van der Waals surface area contributed by atoms with Crippen LogP contribution in [-0.2, 0) is 15.3 Å². The van der Waals surface area contributed by atoms with E-state index in [0.29, 0.717) is 6.42 Å². The van der Waals surface area contributed by atoms with Crippen molar-refractivity contribution in [3.05, 3.63) is 16.9 Å². The van der Waals surface area contributed by atoms with Crippen LogP contribution in [0.4, 0.5) is 0 Å². The molecule has 0 atom stereocenters. The Hall–Kier alpha value is -0.840. The van der Waals surface area contributed by atoms with Crippen LogP contribution in [0.25, 0.3) is 0 Å². The zero-order valence-electron chi connectivity index (χ0n) is 9.28. The van der Waals surface area contributed by atoms with Crippen molar-refractivity contribution in [3.63, 3.8) is 0 Å². The topological polar surface area (TPSA) is 44.1 Å². The smallest absolute Gasteiger partial charge is 0.307 e. The second kappa shape index (κ2) is 4.57. The average Bonchev–Trinajstić information content (AvgIpc) is 2.88. The van der Waals surface area contributed by atoms with Gasteiger partial charge in [-0.25, -0.2) is 4.68 Å². The summed E-state index contributed by atoms with van der Waals surface area (Å²) < 4.78 is 8.27. The van der Waals surface area contributed by atoms with Crippen LogP contribution in [0.1, 0.15) is 39.0 Å². The molecule has 1 heterocycles. The van der Waals surface area contributed by atoms with Gasteiger partial charge in [0.25, 0.3) is 0 Å². The predicted octanol–water partition coefficient (Wildman–Crippen LogP) is 2.83. The number of hydrogen-bond acceptors (Lipinski definition) is 3. The molecule has 0 saturated heterocycles. The van der Waals surface area contributed by atoms with E-state index in [1.54, 1.807) is 10.9 Å². The van der Waals surface area contributed by atoms with Crippen molar-refractivity contribution >= 4 is 21.9 Å². The molecule has 1 aliphatic rings. The normalized spacial score (nSPS) is 18.6. The molecule has 1 saturated carbocycles. The molecule has 1 aromatic rings. The van der Waals surface area contributed by atoms with E-state index in [2.05, 4.69) is 21.0 Å². The third kappa shape index (κ3) is 2.14. The summed E-state index contributed by atoms with van der Waals surface area (Å²) in [5, 5.41) is 4.25. The summed E-state index contributed by atoms with van der Waals surface area (Å²) >= 11 is 3.36. The predicted molar refractivity (Wildman–Crippen MR) is 62.8 cm³/mol. The molecule has 1 aromatic heterocycles. The minimum Gasteiger partial charge on any atom is -0.437 e. The summed E-state index contributed by atoms with van der Waals surface area (Å²) in [4.78, 5) is 11.5. The Morgan fingerprint density at radius 2 is 2.31 bits per heavy atom. The largest absolute Gasteiger partial charge is 0.437 e. The first kappa shape index (κ1) is 11.6. The molecular weight excluding hydrogens is 272 g/mol. The van der Waals surface area contributed by atoms with Gasteiger partial charge in [0.1, 0.15) is 0 Å². The first-order valence-corrected chi connectivity index (χ1v) is 6.38. The zero-order chi connectivity index (χ0) is 11.6. The van der Waals surface area contributed by atoms with Crippen LogP contribution >= 0.6 is 15.9 Å². The average molecular weight is 287 g/mol. The Balaban J connectivity index is 2.25. The van der Waals surface area contributed by atoms with E-state index in [4.69, 9.17) is 4.74 Å². The maximum atomic E-state index is 11.5. The van der Waals surface area contributed by atoms with Crippen LogP contribution < -0.4 is 0 Å². The van der Waals surface area contributed by atoms with E-state index in [9.17, 15) is 4.79 Å². The fraction of sp³-hybridized carbons (Fsp3) is 0.636. The highest BCUT2D eigenvalue weighted by atomic mass is 79.9. The Morgan fingerprint density at radius 1 is 1.62 bits per heavy atom. The quantitative estimate of drug-likeness (QED) is 0.803. The third-order valence-corrected chi connectivity index (χ3v) is 3.36. The van der Waals surface area contributed by atoms with Crippen molar-refractivity contribution in [2.45, 2.75) is 44.8 Å². The van der Waals surface area contributed by atoms with E-state index < -0.39 is 5.72 Å². The zero-order valence-corrected chi connectivity index (χ0v) is 10.9. The molecule has 1 fully saturated rings. The summed E-state index contributed by atoms with van der Waals surface area (Å²) in [6.07, 6.45) is 7.86. The molecule has 0 N–H and O–H groups in total. The van der Waals surface area contributed by atoms with E-state index >= 15 is 0 Å². The molecule has 4 nitrogen and oxygen atoms in total. The summed E-state index contributed by atoms with van der Waals surface area (Å²) in [6.45, 7) is 1.81. The van der Waals surface area contributed by atoms with Gasteiger partial charge >= 0.3 is 5.97 Å². The highest BCUT2D eigenvalue weighted by molar-refractivity contribution is 9.10. The highest BCUT2D eigenvalue weighted by Gasteiger charge is 2.40. The molecule has 0 radical (unpaired) electrons. The maximum Gasteiger partial charge on any atom is 0.307 e. The number of nitrogens with zero attached hydrogens (tertiary/aromatic N) is 2. The first-order chi connectivity index (χ1) is 7.66. The molecule has 16 heavy (non-hydrogen) atoms. The molecule has 0 amide bonds. The standard InChI is InChI=1S/C11H15BrN2O2/c1-2-10(15)16-11(5-3-4-6-11)14-8-9(12)7-13-14/h7-8H,2-6H2,1H3. The summed E-state index contributed by atoms with van der Waals surface area (Å²) in [6, 6.07) is 0. The maximum absolute atomic E-state index is 11.5. The van der Waals surface area contributed by atoms with Gasteiger partial charge in [0.2, 0.25) is 5.72 Å². The summed E-state index contributed by atoms with van der Waals surface area (Å²) in [5.74, 6) is -0.159. The first-order valence-electron chi connectivity index (χ1n) is 5.59. The van der Waals surface area contributed by atoms with Crippen LogP contribution in [0.5, 0.6) is 0 Å². The molecule has 0 bridgehead atoms. The van der Waals surface area contributed by atoms with Crippen molar-refractivity contribution in [3.8, 4) is 0 Å². The molecule has 2 rings (SSSR count). The molecule has 88 valence electrons. The highest BCUT2D eigenvalue weighted by Crippen LogP contribution is 2.38. The number of rotatable bonds is 3. The number of hydrogen-bond donors (Lipinski definition) is 0. The van der Waals surface area contributed by atoms with Crippen molar-refractivity contribution in [1.29, 1.82) is 0 Å². The van der Waals surface area contributed by atoms with E-state index in [-0.39, 0.29) is 5.97 Å². The van der Waals surface area contributed by atoms with Crippen LogP contribution in [0.2, 0.25) is 0 Å². The molecule has 5 heteroatoms. The minimum atomic E-state index is -0.543. The fourth-order valence-corrected chi connectivity index (χ4v) is 2.40. The van der Waals surface area contributed by atoms with Crippen molar-refractivity contribution in [2.75, 3.05) is 0 Å². The summed E-state index contributed by atoms with van der Waals surface area (Å²) in [5.41, 5.74) is -0.543. The number of aromatic nitrogens is 2. The van der Waals surface area contributed by atoms with Crippen LogP contribution in [-0.4, -0.2) is 15.7 Å². The van der Waals surface area contributed by atoms with Gasteiger partial charge in [0.15, 0.2) is 0 Å². The summed E-state index contributed by atoms with van der Waals surface area (Å²) in [7, 11) is 0. The van der Waals surface area contributed by atoms with Crippen molar-refractivity contribution < 1.29 is 9.53 Å². The van der Waals surface area contributed by atoms with Gasteiger partial charge in [-0.2, -0.15) is 5.10 Å². The fourth-order valence-electron chi connectivity index (χ4n) is 2.11. The van der Waals surface area contributed by atoms with Crippen LogP contribution in [0, 0.1) is 0 Å². The Morgan fingerprint density at radius 3 is 2.81 bits per heavy atom. The second-order valence-corrected chi connectivity index (χ2v) is 5.00. The Bertz CT molecular complexity index is 383. The lowest BCUT2D eigenvalue weighted by Gasteiger charge is -2.29. The van der Waals surface area contributed by atoms with Crippen molar-refractivity contribution in [1.82, 2.24) is 9.78 Å². The molecular formula is C11H15BrN2O2. The Labute approximate surface area is 103 Å². The number of ether oxygens (including phenoxy) is 1. The van der Waals surface area contributed by atoms with Crippen molar-refractivity contribution in [2.24, 2.45) is 0 Å². The monoisotopic (exact) mass is 286 g/mol. The van der Waals surface area contributed by atoms with Gasteiger partial charge in [-0.05, 0) is 28.8 Å². The number of carbonyl (C=O) groups excluding carboxylic acids is 1. The lowest BCUT2D eigenvalue weighted by Crippen LogP contribution is -2.36. The van der Waals surface area contributed by atoms with Gasteiger partial charge in [0.05, 0.1) is 10.7 Å². The number of esters is 1. The molecule has 1 aliphatic carbocycles. The van der Waals surface area contributed by atoms with E-state index in [1.165, 1.54) is 0 Å². The molecule has 0 unspecified atom stereocenters. The van der Waals surface area contributed by atoms with Crippen LogP contribution in [0.3, 0.4) is 0 Å². The second-order valence-electron chi connectivity index (χ2n) is 4.08. The Kier molecular flexibility index (Phi) is 3.33. The van der Waals surface area contributed by atoms with E-state index in [0.717, 1.165) is 30.2 Å². The molecule has 0 spiro atoms. The van der Waals surface area contributed by atoms with Gasteiger partial charge in [-0.1, -0.05) is 6.92 Å². The number of carbonyl (C=O) groups is 1. The van der Waals surface area contributed by atoms with E-state index in [1.807, 2.05) is 13.1 Å². The lowest BCUT2D eigenvalue weighted by atomic mass is 10.2. The SMILES string of the molecule is CCC(=O)OC1(n2cc(Br)cn2)CCCC1. The minimum absolute atomic E-state index is 0.159. The third-order valence-electron chi connectivity index (χ3n) is 2.95. The van der Waals surface area contributed by atoms with Gasteiger partial charge in [0, 0.05) is 25.5 Å². The van der Waals surface area contributed by atoms with Crippen LogP contribution in [0.15, 0.2) is 16.9 Å². The lowest BCUT2D eigenvalue weighted by molar-refractivity contribution is -0.172. The van der Waals surface area contributed by atoms with Gasteiger partial charge < -0.3 is 4.74 Å².